The minimum atomic E-state index is 0.546. The molecule has 1 aromatic carbocycles. The molecule has 0 aliphatic rings. The fourth-order valence-corrected chi connectivity index (χ4v) is 1.81. The molecule has 1 N–H and O–H groups in total. The van der Waals surface area contributed by atoms with E-state index in [0.29, 0.717) is 11.7 Å². The Morgan fingerprint density at radius 3 is 2.70 bits per heavy atom. The number of aryl methyl sites for hydroxylation is 1. The molecule has 106 valence electrons. The van der Waals surface area contributed by atoms with Crippen LogP contribution < -0.4 is 15.0 Å². The number of rotatable bonds is 5. The van der Waals surface area contributed by atoms with Gasteiger partial charge in [-0.1, -0.05) is 6.07 Å². The van der Waals surface area contributed by atoms with Crippen molar-refractivity contribution in [2.24, 2.45) is 0 Å². The number of hydrogen-bond donors (Lipinski definition) is 1. The van der Waals surface area contributed by atoms with Crippen LogP contribution in [0, 0.1) is 6.92 Å². The highest BCUT2D eigenvalue weighted by molar-refractivity contribution is 5.50. The van der Waals surface area contributed by atoms with Crippen LogP contribution in [0.1, 0.15) is 12.7 Å². The first kappa shape index (κ1) is 14.1. The maximum absolute atomic E-state index is 5.82. The van der Waals surface area contributed by atoms with Gasteiger partial charge >= 0.3 is 0 Å². The summed E-state index contributed by atoms with van der Waals surface area (Å²) in [4.78, 5) is 10.6. The first-order chi connectivity index (χ1) is 9.58. The maximum atomic E-state index is 5.82. The van der Waals surface area contributed by atoms with Crippen LogP contribution in [0.5, 0.6) is 11.6 Å². The van der Waals surface area contributed by atoms with Crippen molar-refractivity contribution in [3.05, 3.63) is 36.2 Å². The van der Waals surface area contributed by atoms with E-state index < -0.39 is 0 Å². The molecule has 0 unspecified atom stereocenters. The van der Waals surface area contributed by atoms with Gasteiger partial charge in [0, 0.05) is 38.5 Å². The van der Waals surface area contributed by atoms with Crippen molar-refractivity contribution in [3.63, 3.8) is 0 Å². The van der Waals surface area contributed by atoms with Crippen LogP contribution in [0.15, 0.2) is 30.3 Å². The molecule has 0 aliphatic heterocycles. The van der Waals surface area contributed by atoms with Gasteiger partial charge in [0.25, 0.3) is 0 Å². The predicted octanol–water partition coefficient (Wildman–Crippen LogP) is 3.08. The topological polar surface area (TPSA) is 50.3 Å². The molecule has 0 atom stereocenters. The van der Waals surface area contributed by atoms with Crippen LogP contribution in [0.2, 0.25) is 0 Å². The van der Waals surface area contributed by atoms with Crippen molar-refractivity contribution in [3.8, 4) is 11.6 Å². The zero-order chi connectivity index (χ0) is 14.5. The molecule has 0 radical (unpaired) electrons. The Morgan fingerprint density at radius 1 is 1.20 bits per heavy atom. The molecular formula is C15H20N4O. The number of aromatic nitrogens is 2. The molecule has 5 nitrogen and oxygen atoms in total. The van der Waals surface area contributed by atoms with Crippen LogP contribution in [0.25, 0.3) is 0 Å². The normalized spacial score (nSPS) is 10.2. The zero-order valence-corrected chi connectivity index (χ0v) is 12.3. The average molecular weight is 272 g/mol. The van der Waals surface area contributed by atoms with Crippen LogP contribution in [-0.4, -0.2) is 30.6 Å². The second-order valence-electron chi connectivity index (χ2n) is 4.66. The standard InChI is InChI=1S/C15H20N4O/c1-5-16-14-10-15(18-11(2)17-14)20-13-8-6-7-12(9-13)19(3)4/h6-10H,5H2,1-4H3,(H,16,17,18). The van der Waals surface area contributed by atoms with Gasteiger partial charge in [0.15, 0.2) is 0 Å². The van der Waals surface area contributed by atoms with Crippen molar-refractivity contribution in [2.45, 2.75) is 13.8 Å². The van der Waals surface area contributed by atoms with E-state index in [1.54, 1.807) is 6.07 Å². The highest BCUT2D eigenvalue weighted by Gasteiger charge is 2.05. The monoisotopic (exact) mass is 272 g/mol. The van der Waals surface area contributed by atoms with Gasteiger partial charge in [0.05, 0.1) is 0 Å². The molecule has 2 aromatic rings. The molecule has 0 spiro atoms. The van der Waals surface area contributed by atoms with E-state index in [4.69, 9.17) is 4.74 Å². The second kappa shape index (κ2) is 6.23. The minimum absolute atomic E-state index is 0.546. The smallest absolute Gasteiger partial charge is 0.224 e. The van der Waals surface area contributed by atoms with Gasteiger partial charge < -0.3 is 15.0 Å². The molecule has 0 saturated heterocycles. The Hall–Kier alpha value is -2.30. The fourth-order valence-electron chi connectivity index (χ4n) is 1.81. The third-order valence-corrected chi connectivity index (χ3v) is 2.73. The van der Waals surface area contributed by atoms with Gasteiger partial charge in [0.2, 0.25) is 5.88 Å². The lowest BCUT2D eigenvalue weighted by atomic mass is 10.3. The van der Waals surface area contributed by atoms with Gasteiger partial charge in [-0.2, -0.15) is 4.98 Å². The van der Waals surface area contributed by atoms with Crippen LogP contribution in [0.4, 0.5) is 11.5 Å². The number of hydrogen-bond acceptors (Lipinski definition) is 5. The number of nitrogens with one attached hydrogen (secondary N) is 1. The molecule has 2 rings (SSSR count). The van der Waals surface area contributed by atoms with Gasteiger partial charge in [-0.25, -0.2) is 4.98 Å². The van der Waals surface area contributed by atoms with Crippen molar-refractivity contribution >= 4 is 11.5 Å². The molecule has 0 amide bonds. The number of ether oxygens (including phenoxy) is 1. The van der Waals surface area contributed by atoms with Crippen molar-refractivity contribution in [1.29, 1.82) is 0 Å². The first-order valence-electron chi connectivity index (χ1n) is 6.63. The third-order valence-electron chi connectivity index (χ3n) is 2.73. The lowest BCUT2D eigenvalue weighted by Crippen LogP contribution is -2.08. The summed E-state index contributed by atoms with van der Waals surface area (Å²) in [5, 5.41) is 3.16. The lowest BCUT2D eigenvalue weighted by molar-refractivity contribution is 0.460. The van der Waals surface area contributed by atoms with E-state index in [1.165, 1.54) is 0 Å². The largest absolute Gasteiger partial charge is 0.439 e. The van der Waals surface area contributed by atoms with E-state index in [2.05, 4.69) is 15.3 Å². The van der Waals surface area contributed by atoms with E-state index in [9.17, 15) is 0 Å². The molecule has 1 aromatic heterocycles. The molecule has 0 fully saturated rings. The summed E-state index contributed by atoms with van der Waals surface area (Å²) in [5.41, 5.74) is 1.08. The molecule has 0 aliphatic carbocycles. The Morgan fingerprint density at radius 2 is 2.00 bits per heavy atom. The molecule has 5 heteroatoms. The Bertz CT molecular complexity index is 584. The van der Waals surface area contributed by atoms with Crippen molar-refractivity contribution < 1.29 is 4.74 Å². The summed E-state index contributed by atoms with van der Waals surface area (Å²) in [7, 11) is 3.99. The van der Waals surface area contributed by atoms with Crippen LogP contribution in [-0.2, 0) is 0 Å². The van der Waals surface area contributed by atoms with E-state index in [1.807, 2.05) is 57.1 Å². The quantitative estimate of drug-likeness (QED) is 0.906. The number of benzene rings is 1. The SMILES string of the molecule is CCNc1cc(Oc2cccc(N(C)C)c2)nc(C)n1. The van der Waals surface area contributed by atoms with Gasteiger partial charge in [-0.3, -0.25) is 0 Å². The third kappa shape index (κ3) is 3.60. The van der Waals surface area contributed by atoms with E-state index in [0.717, 1.165) is 23.8 Å². The van der Waals surface area contributed by atoms with Gasteiger partial charge in [0.1, 0.15) is 17.4 Å². The molecule has 0 saturated carbocycles. The van der Waals surface area contributed by atoms with Crippen molar-refractivity contribution in [2.75, 3.05) is 30.9 Å². The van der Waals surface area contributed by atoms with E-state index >= 15 is 0 Å². The number of nitrogens with zero attached hydrogens (tertiary/aromatic N) is 3. The summed E-state index contributed by atoms with van der Waals surface area (Å²) < 4.78 is 5.82. The Kier molecular flexibility index (Phi) is 4.40. The molecular weight excluding hydrogens is 252 g/mol. The number of anilines is 2. The van der Waals surface area contributed by atoms with Crippen molar-refractivity contribution in [1.82, 2.24) is 9.97 Å². The predicted molar refractivity (Wildman–Crippen MR) is 81.8 cm³/mol. The Labute approximate surface area is 119 Å². The highest BCUT2D eigenvalue weighted by atomic mass is 16.5. The summed E-state index contributed by atoms with van der Waals surface area (Å²) in [6.45, 7) is 4.69. The average Bonchev–Trinajstić information content (AvgIpc) is 2.38. The summed E-state index contributed by atoms with van der Waals surface area (Å²) in [6, 6.07) is 9.69. The fraction of sp³-hybridized carbons (Fsp3) is 0.333. The minimum Gasteiger partial charge on any atom is -0.439 e. The zero-order valence-electron chi connectivity index (χ0n) is 12.3. The highest BCUT2D eigenvalue weighted by Crippen LogP contribution is 2.25. The first-order valence-corrected chi connectivity index (χ1v) is 6.63. The lowest BCUT2D eigenvalue weighted by Gasteiger charge is -2.14. The van der Waals surface area contributed by atoms with Gasteiger partial charge in [-0.05, 0) is 26.0 Å². The summed E-state index contributed by atoms with van der Waals surface area (Å²) in [6.07, 6.45) is 0. The molecule has 0 bridgehead atoms. The van der Waals surface area contributed by atoms with Crippen LogP contribution in [0.3, 0.4) is 0 Å². The second-order valence-corrected chi connectivity index (χ2v) is 4.66. The maximum Gasteiger partial charge on any atom is 0.224 e. The Balaban J connectivity index is 2.23. The summed E-state index contributed by atoms with van der Waals surface area (Å²) >= 11 is 0. The van der Waals surface area contributed by atoms with Gasteiger partial charge in [-0.15, -0.1) is 0 Å². The van der Waals surface area contributed by atoms with E-state index in [-0.39, 0.29) is 0 Å². The van der Waals surface area contributed by atoms with Crippen LogP contribution >= 0.6 is 0 Å². The summed E-state index contributed by atoms with van der Waals surface area (Å²) in [5.74, 6) is 2.77. The molecule has 1 heterocycles. The molecule has 20 heavy (non-hydrogen) atoms.